The average Bonchev–Trinajstić information content (AvgIpc) is 3.25. The summed E-state index contributed by atoms with van der Waals surface area (Å²) in [5.74, 6) is 0.0192. The fourth-order valence-electron chi connectivity index (χ4n) is 2.37. The predicted molar refractivity (Wildman–Crippen MR) is 91.8 cm³/mol. The lowest BCUT2D eigenvalue weighted by Gasteiger charge is -2.17. The van der Waals surface area contributed by atoms with Crippen LogP contribution in [-0.2, 0) is 6.54 Å². The minimum absolute atomic E-state index is 0.0160. The topological polar surface area (TPSA) is 49.4 Å². The van der Waals surface area contributed by atoms with Crippen LogP contribution >= 0.6 is 11.3 Å². The van der Waals surface area contributed by atoms with Gasteiger partial charge in [0.2, 0.25) is 0 Å². The van der Waals surface area contributed by atoms with Crippen molar-refractivity contribution in [3.8, 4) is 0 Å². The van der Waals surface area contributed by atoms with Gasteiger partial charge >= 0.3 is 0 Å². The lowest BCUT2D eigenvalue weighted by molar-refractivity contribution is 0.0788. The van der Waals surface area contributed by atoms with Crippen LogP contribution in [0.4, 0.5) is 0 Å². The Morgan fingerprint density at radius 2 is 1.91 bits per heavy atom. The Hall–Kier alpha value is -2.14. The van der Waals surface area contributed by atoms with Crippen molar-refractivity contribution in [1.82, 2.24) is 10.2 Å². The molecule has 5 heteroatoms. The summed E-state index contributed by atoms with van der Waals surface area (Å²) in [6.07, 6.45) is 2.16. The Kier molecular flexibility index (Phi) is 4.48. The van der Waals surface area contributed by atoms with Gasteiger partial charge in [-0.25, -0.2) is 0 Å². The van der Waals surface area contributed by atoms with Crippen molar-refractivity contribution in [2.75, 3.05) is 7.05 Å². The molecule has 1 aromatic carbocycles. The fraction of sp³-hybridized carbons (Fsp3) is 0.333. The normalized spacial score (nSPS) is 13.7. The maximum Gasteiger partial charge on any atom is 0.264 e. The summed E-state index contributed by atoms with van der Waals surface area (Å²) in [5, 5.41) is 4.91. The molecule has 0 spiro atoms. The van der Waals surface area contributed by atoms with E-state index in [-0.39, 0.29) is 11.8 Å². The van der Waals surface area contributed by atoms with Gasteiger partial charge in [0.25, 0.3) is 11.8 Å². The molecule has 1 aromatic heterocycles. The van der Waals surface area contributed by atoms with Crippen molar-refractivity contribution in [2.24, 2.45) is 0 Å². The van der Waals surface area contributed by atoms with Crippen molar-refractivity contribution in [2.45, 2.75) is 32.4 Å². The zero-order valence-electron chi connectivity index (χ0n) is 13.3. The molecule has 1 N–H and O–H groups in total. The molecule has 1 aliphatic carbocycles. The molecule has 1 aliphatic rings. The molecule has 120 valence electrons. The molecule has 4 nitrogen and oxygen atoms in total. The van der Waals surface area contributed by atoms with Gasteiger partial charge < -0.3 is 10.2 Å². The monoisotopic (exact) mass is 328 g/mol. The van der Waals surface area contributed by atoms with Crippen molar-refractivity contribution in [1.29, 1.82) is 0 Å². The number of nitrogens with zero attached hydrogens (tertiary/aromatic N) is 1. The van der Waals surface area contributed by atoms with Crippen LogP contribution in [0.2, 0.25) is 0 Å². The SMILES string of the molecule is Cc1ccsc1C(=O)N(C)Cc1ccc(C(=O)NC2CC2)cc1. The van der Waals surface area contributed by atoms with E-state index in [4.69, 9.17) is 0 Å². The lowest BCUT2D eigenvalue weighted by Crippen LogP contribution is -2.26. The largest absolute Gasteiger partial charge is 0.349 e. The van der Waals surface area contributed by atoms with E-state index in [9.17, 15) is 9.59 Å². The van der Waals surface area contributed by atoms with Gasteiger partial charge in [0.15, 0.2) is 0 Å². The number of aryl methyl sites for hydroxylation is 1. The average molecular weight is 328 g/mol. The Morgan fingerprint density at radius 3 is 2.48 bits per heavy atom. The second-order valence-corrected chi connectivity index (χ2v) is 6.95. The fourth-order valence-corrected chi connectivity index (χ4v) is 3.29. The highest BCUT2D eigenvalue weighted by Gasteiger charge is 2.23. The summed E-state index contributed by atoms with van der Waals surface area (Å²) < 4.78 is 0. The first kappa shape index (κ1) is 15.7. The predicted octanol–water partition coefficient (Wildman–Crippen LogP) is 3.22. The van der Waals surface area contributed by atoms with Crippen molar-refractivity contribution >= 4 is 23.2 Å². The third kappa shape index (κ3) is 3.79. The molecule has 0 bridgehead atoms. The Balaban J connectivity index is 1.62. The number of benzene rings is 1. The summed E-state index contributed by atoms with van der Waals surface area (Å²) in [4.78, 5) is 26.9. The second-order valence-electron chi connectivity index (χ2n) is 6.04. The number of rotatable bonds is 5. The van der Waals surface area contributed by atoms with Crippen LogP contribution in [0, 0.1) is 6.92 Å². The summed E-state index contributed by atoms with van der Waals surface area (Å²) in [6.45, 7) is 2.48. The molecule has 23 heavy (non-hydrogen) atoms. The molecular weight excluding hydrogens is 308 g/mol. The Labute approximate surface area is 140 Å². The van der Waals surface area contributed by atoms with Crippen LogP contribution in [0.15, 0.2) is 35.7 Å². The van der Waals surface area contributed by atoms with Gasteiger partial charge in [-0.1, -0.05) is 12.1 Å². The number of amides is 2. The first-order chi connectivity index (χ1) is 11.0. The molecule has 0 unspecified atom stereocenters. The van der Waals surface area contributed by atoms with Crippen molar-refractivity contribution < 1.29 is 9.59 Å². The van der Waals surface area contributed by atoms with Gasteiger partial charge in [-0.15, -0.1) is 11.3 Å². The van der Waals surface area contributed by atoms with E-state index in [0.29, 0.717) is 18.2 Å². The number of carbonyl (C=O) groups is 2. The Bertz CT molecular complexity index is 717. The van der Waals surface area contributed by atoms with Gasteiger partial charge in [-0.2, -0.15) is 0 Å². The number of hydrogen-bond donors (Lipinski definition) is 1. The van der Waals surface area contributed by atoms with E-state index in [1.54, 1.807) is 11.9 Å². The van der Waals surface area contributed by atoms with Gasteiger partial charge in [0.1, 0.15) is 0 Å². The lowest BCUT2D eigenvalue weighted by atomic mass is 10.1. The van der Waals surface area contributed by atoms with E-state index in [2.05, 4.69) is 5.32 Å². The maximum atomic E-state index is 12.4. The van der Waals surface area contributed by atoms with Gasteiger partial charge in [-0.3, -0.25) is 9.59 Å². The zero-order chi connectivity index (χ0) is 16.4. The van der Waals surface area contributed by atoms with Crippen LogP contribution < -0.4 is 5.32 Å². The number of hydrogen-bond acceptors (Lipinski definition) is 3. The number of thiophene rings is 1. The highest BCUT2D eigenvalue weighted by Crippen LogP contribution is 2.20. The first-order valence-electron chi connectivity index (χ1n) is 7.74. The minimum atomic E-state index is -0.0160. The zero-order valence-corrected chi connectivity index (χ0v) is 14.2. The summed E-state index contributed by atoms with van der Waals surface area (Å²) in [5.41, 5.74) is 2.70. The smallest absolute Gasteiger partial charge is 0.264 e. The number of nitrogens with one attached hydrogen (secondary N) is 1. The van der Waals surface area contributed by atoms with Crippen LogP contribution in [0.3, 0.4) is 0 Å². The molecule has 3 rings (SSSR count). The molecule has 1 heterocycles. The van der Waals surface area contributed by atoms with Crippen molar-refractivity contribution in [3.05, 3.63) is 57.3 Å². The van der Waals surface area contributed by atoms with E-state index >= 15 is 0 Å². The standard InChI is InChI=1S/C18H20N2O2S/c1-12-9-10-23-16(12)18(22)20(2)11-13-3-5-14(6-4-13)17(21)19-15-7-8-15/h3-6,9-10,15H,7-8,11H2,1-2H3,(H,19,21). The first-order valence-corrected chi connectivity index (χ1v) is 8.62. The van der Waals surface area contributed by atoms with Crippen LogP contribution in [-0.4, -0.2) is 29.8 Å². The van der Waals surface area contributed by atoms with Gasteiger partial charge in [-0.05, 0) is 54.5 Å². The van der Waals surface area contributed by atoms with E-state index in [1.807, 2.05) is 42.6 Å². The van der Waals surface area contributed by atoms with Crippen molar-refractivity contribution in [3.63, 3.8) is 0 Å². The van der Waals surface area contributed by atoms with Gasteiger partial charge in [0, 0.05) is 25.2 Å². The van der Waals surface area contributed by atoms with E-state index in [1.165, 1.54) is 11.3 Å². The van der Waals surface area contributed by atoms with E-state index in [0.717, 1.165) is 28.8 Å². The van der Waals surface area contributed by atoms with E-state index < -0.39 is 0 Å². The maximum absolute atomic E-state index is 12.4. The molecule has 1 saturated carbocycles. The number of carbonyl (C=O) groups excluding carboxylic acids is 2. The molecule has 1 fully saturated rings. The van der Waals surface area contributed by atoms with Crippen LogP contribution in [0.25, 0.3) is 0 Å². The molecule has 0 saturated heterocycles. The van der Waals surface area contributed by atoms with Gasteiger partial charge in [0.05, 0.1) is 4.88 Å². The quantitative estimate of drug-likeness (QED) is 0.916. The van der Waals surface area contributed by atoms with Crippen LogP contribution in [0.5, 0.6) is 0 Å². The minimum Gasteiger partial charge on any atom is -0.349 e. The summed E-state index contributed by atoms with van der Waals surface area (Å²) >= 11 is 1.47. The summed E-state index contributed by atoms with van der Waals surface area (Å²) in [6, 6.07) is 9.78. The highest BCUT2D eigenvalue weighted by atomic mass is 32.1. The molecule has 2 amide bonds. The van der Waals surface area contributed by atoms with Crippen LogP contribution in [0.1, 0.15) is 44.0 Å². The molecule has 0 aliphatic heterocycles. The Morgan fingerprint density at radius 1 is 1.22 bits per heavy atom. The third-order valence-electron chi connectivity index (χ3n) is 3.95. The molecular formula is C18H20N2O2S. The third-order valence-corrected chi connectivity index (χ3v) is 4.96. The molecule has 0 atom stereocenters. The second kappa shape index (κ2) is 6.54. The molecule has 0 radical (unpaired) electrons. The molecule has 2 aromatic rings. The summed E-state index contributed by atoms with van der Waals surface area (Å²) in [7, 11) is 1.80. The highest BCUT2D eigenvalue weighted by molar-refractivity contribution is 7.12.